The van der Waals surface area contributed by atoms with Gasteiger partial charge in [0.2, 0.25) is 0 Å². The van der Waals surface area contributed by atoms with E-state index in [1.165, 1.54) is 6.92 Å². The van der Waals surface area contributed by atoms with Crippen LogP contribution in [-0.4, -0.2) is 66.7 Å². The van der Waals surface area contributed by atoms with Crippen LogP contribution in [0.1, 0.15) is 24.2 Å². The minimum absolute atomic E-state index is 0.0871. The van der Waals surface area contributed by atoms with Gasteiger partial charge in [-0.1, -0.05) is 6.92 Å². The SMILES string of the molecule is CCN1CCN(CCOc2ccc3cc(C(C)=O)c(=NO)oc3c2)CC1. The third-order valence-corrected chi connectivity index (χ3v) is 4.78. The Morgan fingerprint density at radius 2 is 1.96 bits per heavy atom. The third-order valence-electron chi connectivity index (χ3n) is 4.78. The molecule has 0 aliphatic carbocycles. The minimum atomic E-state index is -0.216. The van der Waals surface area contributed by atoms with Gasteiger partial charge in [0.05, 0.1) is 5.56 Å². The summed E-state index contributed by atoms with van der Waals surface area (Å²) < 4.78 is 11.4. The van der Waals surface area contributed by atoms with E-state index in [1.807, 2.05) is 12.1 Å². The summed E-state index contributed by atoms with van der Waals surface area (Å²) in [7, 11) is 0. The molecule has 1 saturated heterocycles. The monoisotopic (exact) mass is 359 g/mol. The molecule has 2 heterocycles. The number of carbonyl (C=O) groups excluding carboxylic acids is 1. The van der Waals surface area contributed by atoms with Crippen molar-refractivity contribution in [1.29, 1.82) is 0 Å². The Balaban J connectivity index is 1.64. The maximum absolute atomic E-state index is 11.6. The number of piperazine rings is 1. The van der Waals surface area contributed by atoms with Crippen molar-refractivity contribution in [2.75, 3.05) is 45.9 Å². The first-order valence-corrected chi connectivity index (χ1v) is 8.95. The number of nitrogens with zero attached hydrogens (tertiary/aromatic N) is 3. The molecule has 2 aromatic rings. The van der Waals surface area contributed by atoms with Crippen molar-refractivity contribution >= 4 is 16.8 Å². The normalized spacial score (nSPS) is 16.9. The maximum atomic E-state index is 11.6. The molecule has 0 amide bonds. The van der Waals surface area contributed by atoms with E-state index in [2.05, 4.69) is 21.9 Å². The van der Waals surface area contributed by atoms with Gasteiger partial charge in [-0.05, 0) is 36.8 Å². The topological polar surface area (TPSA) is 78.5 Å². The number of carbonyl (C=O) groups is 1. The first kappa shape index (κ1) is 18.4. The fraction of sp³-hybridized carbons (Fsp3) is 0.474. The Morgan fingerprint density at radius 3 is 2.62 bits per heavy atom. The fourth-order valence-corrected chi connectivity index (χ4v) is 3.14. The summed E-state index contributed by atoms with van der Waals surface area (Å²) >= 11 is 0. The van der Waals surface area contributed by atoms with Crippen LogP contribution in [0, 0.1) is 0 Å². The Morgan fingerprint density at radius 1 is 1.23 bits per heavy atom. The highest BCUT2D eigenvalue weighted by Gasteiger charge is 2.15. The molecule has 1 N–H and O–H groups in total. The van der Waals surface area contributed by atoms with Gasteiger partial charge in [0.1, 0.15) is 17.9 Å². The van der Waals surface area contributed by atoms with Crippen LogP contribution in [-0.2, 0) is 0 Å². The summed E-state index contributed by atoms with van der Waals surface area (Å²) in [5.74, 6) is 0.472. The van der Waals surface area contributed by atoms with E-state index in [-0.39, 0.29) is 16.9 Å². The zero-order valence-corrected chi connectivity index (χ0v) is 15.3. The van der Waals surface area contributed by atoms with Crippen LogP contribution < -0.4 is 10.3 Å². The second-order valence-electron chi connectivity index (χ2n) is 6.45. The number of fused-ring (bicyclic) bond motifs is 1. The van der Waals surface area contributed by atoms with E-state index >= 15 is 0 Å². The van der Waals surface area contributed by atoms with Crippen LogP contribution in [0.3, 0.4) is 0 Å². The largest absolute Gasteiger partial charge is 0.492 e. The molecule has 0 unspecified atom stereocenters. The number of hydrogen-bond donors (Lipinski definition) is 1. The molecule has 26 heavy (non-hydrogen) atoms. The van der Waals surface area contributed by atoms with E-state index in [9.17, 15) is 4.79 Å². The molecule has 1 aromatic carbocycles. The van der Waals surface area contributed by atoms with Crippen molar-refractivity contribution in [2.45, 2.75) is 13.8 Å². The van der Waals surface area contributed by atoms with E-state index in [4.69, 9.17) is 14.4 Å². The average molecular weight is 359 g/mol. The van der Waals surface area contributed by atoms with E-state index in [1.54, 1.807) is 12.1 Å². The molecule has 1 aliphatic heterocycles. The standard InChI is InChI=1S/C19H25N3O4/c1-3-21-6-8-22(9-7-21)10-11-25-16-5-4-15-12-17(14(2)23)19(20-24)26-18(15)13-16/h4-5,12-13,24H,3,6-11H2,1-2H3. The number of benzene rings is 1. The lowest BCUT2D eigenvalue weighted by atomic mass is 10.1. The lowest BCUT2D eigenvalue weighted by molar-refractivity contribution is 0.101. The van der Waals surface area contributed by atoms with Gasteiger partial charge < -0.3 is 19.3 Å². The smallest absolute Gasteiger partial charge is 0.266 e. The molecule has 3 rings (SSSR count). The summed E-state index contributed by atoms with van der Waals surface area (Å²) in [4.78, 5) is 16.5. The Labute approximate surface area is 152 Å². The molecule has 7 nitrogen and oxygen atoms in total. The van der Waals surface area contributed by atoms with Gasteiger partial charge in [-0.3, -0.25) is 9.69 Å². The highest BCUT2D eigenvalue weighted by Crippen LogP contribution is 2.21. The molecular weight excluding hydrogens is 334 g/mol. The first-order chi connectivity index (χ1) is 12.6. The highest BCUT2D eigenvalue weighted by atomic mass is 16.5. The van der Waals surface area contributed by atoms with E-state index in [0.717, 1.165) is 44.7 Å². The number of ether oxygens (including phenoxy) is 1. The van der Waals surface area contributed by atoms with Crippen molar-refractivity contribution in [2.24, 2.45) is 5.16 Å². The average Bonchev–Trinajstić information content (AvgIpc) is 2.67. The van der Waals surface area contributed by atoms with Crippen molar-refractivity contribution in [1.82, 2.24) is 9.80 Å². The summed E-state index contributed by atoms with van der Waals surface area (Å²) in [6.07, 6.45) is 0. The van der Waals surface area contributed by atoms with Gasteiger partial charge in [0, 0.05) is 44.2 Å². The summed E-state index contributed by atoms with van der Waals surface area (Å²) in [6, 6.07) is 7.10. The van der Waals surface area contributed by atoms with Crippen molar-refractivity contribution < 1.29 is 19.2 Å². The van der Waals surface area contributed by atoms with Gasteiger partial charge in [0.25, 0.3) is 5.55 Å². The van der Waals surface area contributed by atoms with Crippen molar-refractivity contribution in [3.05, 3.63) is 35.4 Å². The maximum Gasteiger partial charge on any atom is 0.266 e. The number of ketones is 1. The fourth-order valence-electron chi connectivity index (χ4n) is 3.14. The first-order valence-electron chi connectivity index (χ1n) is 8.95. The molecule has 140 valence electrons. The van der Waals surface area contributed by atoms with E-state index in [0.29, 0.717) is 17.9 Å². The lowest BCUT2D eigenvalue weighted by Gasteiger charge is -2.33. The number of likely N-dealkylation sites (N-methyl/N-ethyl adjacent to an activating group) is 1. The molecule has 0 atom stereocenters. The molecule has 1 aliphatic rings. The van der Waals surface area contributed by atoms with Crippen LogP contribution in [0.15, 0.2) is 33.8 Å². The molecule has 1 aromatic heterocycles. The van der Waals surface area contributed by atoms with Crippen LogP contribution in [0.2, 0.25) is 0 Å². The minimum Gasteiger partial charge on any atom is -0.492 e. The Hall–Kier alpha value is -2.38. The van der Waals surface area contributed by atoms with Gasteiger partial charge >= 0.3 is 0 Å². The zero-order chi connectivity index (χ0) is 18.5. The molecule has 0 saturated carbocycles. The van der Waals surface area contributed by atoms with Crippen LogP contribution in [0.25, 0.3) is 11.0 Å². The summed E-state index contributed by atoms with van der Waals surface area (Å²) in [5.41, 5.74) is 0.674. The molecule has 0 radical (unpaired) electrons. The van der Waals surface area contributed by atoms with Gasteiger partial charge in [-0.15, -0.1) is 0 Å². The lowest BCUT2D eigenvalue weighted by Crippen LogP contribution is -2.47. The molecule has 0 bridgehead atoms. The van der Waals surface area contributed by atoms with Crippen LogP contribution in [0.4, 0.5) is 0 Å². The predicted molar refractivity (Wildman–Crippen MR) is 97.6 cm³/mol. The van der Waals surface area contributed by atoms with Gasteiger partial charge in [-0.2, -0.15) is 0 Å². The second-order valence-corrected chi connectivity index (χ2v) is 6.45. The molecular formula is C19H25N3O4. The van der Waals surface area contributed by atoms with Crippen molar-refractivity contribution in [3.63, 3.8) is 0 Å². The molecule has 7 heteroatoms. The van der Waals surface area contributed by atoms with E-state index < -0.39 is 0 Å². The Bertz CT molecular complexity index is 838. The highest BCUT2D eigenvalue weighted by molar-refractivity contribution is 5.96. The van der Waals surface area contributed by atoms with Crippen molar-refractivity contribution in [3.8, 4) is 5.75 Å². The number of rotatable bonds is 6. The van der Waals surface area contributed by atoms with Gasteiger partial charge in [-0.25, -0.2) is 0 Å². The summed E-state index contributed by atoms with van der Waals surface area (Å²) in [6.45, 7) is 10.5. The second kappa shape index (κ2) is 8.33. The Kier molecular flexibility index (Phi) is 5.90. The zero-order valence-electron chi connectivity index (χ0n) is 15.3. The van der Waals surface area contributed by atoms with Crippen LogP contribution >= 0.6 is 0 Å². The van der Waals surface area contributed by atoms with Crippen LogP contribution in [0.5, 0.6) is 5.75 Å². The summed E-state index contributed by atoms with van der Waals surface area (Å²) in [5, 5.41) is 12.9. The third kappa shape index (κ3) is 4.23. The molecule has 0 spiro atoms. The molecule has 1 fully saturated rings. The quantitative estimate of drug-likeness (QED) is 0.482. The number of hydrogen-bond acceptors (Lipinski definition) is 7. The van der Waals surface area contributed by atoms with Gasteiger partial charge in [0.15, 0.2) is 5.78 Å². The predicted octanol–water partition coefficient (Wildman–Crippen LogP) is 1.94. The number of Topliss-reactive ketones (excluding diaryl/α,β-unsaturated/α-hetero) is 1.